The van der Waals surface area contributed by atoms with Gasteiger partial charge >= 0.3 is 0 Å². The lowest BCUT2D eigenvalue weighted by Crippen LogP contribution is -2.05. The molecule has 0 aliphatic heterocycles. The van der Waals surface area contributed by atoms with Gasteiger partial charge in [0.15, 0.2) is 0 Å². The van der Waals surface area contributed by atoms with Crippen molar-refractivity contribution in [1.82, 2.24) is 9.97 Å². The van der Waals surface area contributed by atoms with E-state index in [1.807, 2.05) is 24.3 Å². The van der Waals surface area contributed by atoms with E-state index >= 15 is 0 Å². The minimum atomic E-state index is 0.639. The Morgan fingerprint density at radius 2 is 2.05 bits per heavy atom. The average Bonchev–Trinajstić information content (AvgIpc) is 2.40. The lowest BCUT2D eigenvalue weighted by molar-refractivity contribution is 0.953. The van der Waals surface area contributed by atoms with Gasteiger partial charge in [0.2, 0.25) is 5.95 Å². The second kappa shape index (κ2) is 6.86. The molecule has 0 bridgehead atoms. The molecule has 0 atom stereocenters. The predicted molar refractivity (Wildman–Crippen MR) is 85.9 cm³/mol. The van der Waals surface area contributed by atoms with Crippen molar-refractivity contribution in [1.29, 1.82) is 0 Å². The molecule has 0 radical (unpaired) electrons. The number of hydrogen-bond acceptors (Lipinski definition) is 4. The molecule has 100 valence electrons. The van der Waals surface area contributed by atoms with Gasteiger partial charge in [-0.25, -0.2) is 4.98 Å². The van der Waals surface area contributed by atoms with Crippen molar-refractivity contribution in [2.45, 2.75) is 13.3 Å². The number of benzene rings is 1. The number of rotatable bonds is 5. The summed E-state index contributed by atoms with van der Waals surface area (Å²) in [5.41, 5.74) is 0.961. The van der Waals surface area contributed by atoms with Gasteiger partial charge in [0.05, 0.1) is 5.69 Å². The van der Waals surface area contributed by atoms with Gasteiger partial charge in [-0.1, -0.05) is 22.9 Å². The first-order valence-corrected chi connectivity index (χ1v) is 7.56. The van der Waals surface area contributed by atoms with Crippen molar-refractivity contribution >= 4 is 49.3 Å². The molecule has 0 aliphatic carbocycles. The normalized spacial score (nSPS) is 10.3. The van der Waals surface area contributed by atoms with Crippen LogP contribution in [0.15, 0.2) is 39.4 Å². The molecule has 2 N–H and O–H groups in total. The van der Waals surface area contributed by atoms with Crippen LogP contribution in [0.4, 0.5) is 17.5 Å². The van der Waals surface area contributed by atoms with E-state index in [0.29, 0.717) is 5.95 Å². The molecule has 0 fully saturated rings. The van der Waals surface area contributed by atoms with Gasteiger partial charge in [-0.05, 0) is 46.6 Å². The second-order valence-electron chi connectivity index (χ2n) is 3.94. The molecule has 6 heteroatoms. The average molecular weight is 386 g/mol. The fourth-order valence-corrected chi connectivity index (χ4v) is 2.63. The summed E-state index contributed by atoms with van der Waals surface area (Å²) in [6, 6.07) is 7.78. The standard InChI is InChI=1S/C13H14Br2N4/c1-2-6-16-13-17-7-5-12(19-13)18-11-4-3-9(14)8-10(11)15/h3-5,7-8H,2,6H2,1H3,(H2,16,17,18,19). The van der Waals surface area contributed by atoms with E-state index in [1.54, 1.807) is 6.20 Å². The highest BCUT2D eigenvalue weighted by molar-refractivity contribution is 9.11. The Hall–Kier alpha value is -1.14. The third-order valence-corrected chi connectivity index (χ3v) is 3.53. The van der Waals surface area contributed by atoms with Crippen LogP contribution in [0.25, 0.3) is 0 Å². The minimum absolute atomic E-state index is 0.639. The molecule has 1 heterocycles. The second-order valence-corrected chi connectivity index (χ2v) is 5.71. The van der Waals surface area contributed by atoms with Gasteiger partial charge in [0.1, 0.15) is 5.82 Å². The van der Waals surface area contributed by atoms with Crippen molar-refractivity contribution < 1.29 is 0 Å². The van der Waals surface area contributed by atoms with Crippen molar-refractivity contribution in [3.63, 3.8) is 0 Å². The maximum absolute atomic E-state index is 4.40. The largest absolute Gasteiger partial charge is 0.354 e. The summed E-state index contributed by atoms with van der Waals surface area (Å²) in [5.74, 6) is 1.40. The van der Waals surface area contributed by atoms with Gasteiger partial charge in [-0.3, -0.25) is 0 Å². The maximum Gasteiger partial charge on any atom is 0.224 e. The van der Waals surface area contributed by atoms with Gasteiger partial charge in [-0.15, -0.1) is 0 Å². The lowest BCUT2D eigenvalue weighted by atomic mass is 10.3. The Balaban J connectivity index is 2.14. The highest BCUT2D eigenvalue weighted by atomic mass is 79.9. The third kappa shape index (κ3) is 4.18. The zero-order chi connectivity index (χ0) is 13.7. The fourth-order valence-electron chi connectivity index (χ4n) is 1.48. The number of nitrogens with zero attached hydrogens (tertiary/aromatic N) is 2. The molecular weight excluding hydrogens is 372 g/mol. The highest BCUT2D eigenvalue weighted by Gasteiger charge is 2.03. The van der Waals surface area contributed by atoms with Crippen LogP contribution in [0, 0.1) is 0 Å². The first kappa shape index (κ1) is 14.3. The van der Waals surface area contributed by atoms with E-state index in [2.05, 4.69) is 59.4 Å². The quantitative estimate of drug-likeness (QED) is 0.791. The van der Waals surface area contributed by atoms with Crippen LogP contribution in [-0.2, 0) is 0 Å². The first-order valence-electron chi connectivity index (χ1n) is 5.98. The van der Waals surface area contributed by atoms with Crippen LogP contribution in [0.3, 0.4) is 0 Å². The predicted octanol–water partition coefficient (Wildman–Crippen LogP) is 4.57. The van der Waals surface area contributed by atoms with E-state index < -0.39 is 0 Å². The van der Waals surface area contributed by atoms with Crippen LogP contribution < -0.4 is 10.6 Å². The fraction of sp³-hybridized carbons (Fsp3) is 0.231. The molecule has 2 rings (SSSR count). The third-order valence-electron chi connectivity index (χ3n) is 2.38. The molecular formula is C13H14Br2N4. The Bertz CT molecular complexity index is 560. The van der Waals surface area contributed by atoms with E-state index in [4.69, 9.17) is 0 Å². The Labute approximate surface area is 129 Å². The van der Waals surface area contributed by atoms with Crippen molar-refractivity contribution in [3.05, 3.63) is 39.4 Å². The van der Waals surface area contributed by atoms with Crippen molar-refractivity contribution in [3.8, 4) is 0 Å². The topological polar surface area (TPSA) is 49.8 Å². The molecule has 19 heavy (non-hydrogen) atoms. The SMILES string of the molecule is CCCNc1nccc(Nc2ccc(Br)cc2Br)n1. The van der Waals surface area contributed by atoms with Crippen LogP contribution in [-0.4, -0.2) is 16.5 Å². The summed E-state index contributed by atoms with van der Waals surface area (Å²) in [5, 5.41) is 6.42. The van der Waals surface area contributed by atoms with E-state index in [9.17, 15) is 0 Å². The number of nitrogens with one attached hydrogen (secondary N) is 2. The zero-order valence-electron chi connectivity index (χ0n) is 10.5. The smallest absolute Gasteiger partial charge is 0.224 e. The van der Waals surface area contributed by atoms with Crippen molar-refractivity contribution in [2.24, 2.45) is 0 Å². The van der Waals surface area contributed by atoms with E-state index in [-0.39, 0.29) is 0 Å². The highest BCUT2D eigenvalue weighted by Crippen LogP contribution is 2.28. The van der Waals surface area contributed by atoms with Gasteiger partial charge < -0.3 is 10.6 Å². The Morgan fingerprint density at radius 1 is 1.21 bits per heavy atom. The number of hydrogen-bond donors (Lipinski definition) is 2. The molecule has 0 amide bonds. The summed E-state index contributed by atoms with van der Waals surface area (Å²) < 4.78 is 2.00. The van der Waals surface area contributed by atoms with E-state index in [0.717, 1.165) is 33.4 Å². The van der Waals surface area contributed by atoms with Crippen LogP contribution >= 0.6 is 31.9 Å². The number of halogens is 2. The van der Waals surface area contributed by atoms with Crippen LogP contribution in [0.2, 0.25) is 0 Å². The van der Waals surface area contributed by atoms with E-state index in [1.165, 1.54) is 0 Å². The van der Waals surface area contributed by atoms with Gasteiger partial charge in [0, 0.05) is 21.7 Å². The first-order chi connectivity index (χ1) is 9.19. The molecule has 0 spiro atoms. The summed E-state index contributed by atoms with van der Waals surface area (Å²) in [4.78, 5) is 8.58. The molecule has 1 aromatic heterocycles. The van der Waals surface area contributed by atoms with Crippen LogP contribution in [0.5, 0.6) is 0 Å². The summed E-state index contributed by atoms with van der Waals surface area (Å²) in [6.07, 6.45) is 2.78. The zero-order valence-corrected chi connectivity index (χ0v) is 13.6. The Morgan fingerprint density at radius 3 is 2.79 bits per heavy atom. The summed E-state index contributed by atoms with van der Waals surface area (Å²) in [7, 11) is 0. The molecule has 1 aromatic carbocycles. The number of anilines is 3. The molecule has 0 saturated heterocycles. The summed E-state index contributed by atoms with van der Waals surface area (Å²) in [6.45, 7) is 2.97. The van der Waals surface area contributed by atoms with Gasteiger partial charge in [0.25, 0.3) is 0 Å². The van der Waals surface area contributed by atoms with Crippen LogP contribution in [0.1, 0.15) is 13.3 Å². The number of aromatic nitrogens is 2. The van der Waals surface area contributed by atoms with Crippen molar-refractivity contribution in [2.75, 3.05) is 17.2 Å². The minimum Gasteiger partial charge on any atom is -0.354 e. The monoisotopic (exact) mass is 384 g/mol. The molecule has 2 aromatic rings. The summed E-state index contributed by atoms with van der Waals surface area (Å²) >= 11 is 6.94. The Kier molecular flexibility index (Phi) is 5.15. The molecule has 0 unspecified atom stereocenters. The lowest BCUT2D eigenvalue weighted by Gasteiger charge is -2.09. The maximum atomic E-state index is 4.40. The molecule has 4 nitrogen and oxygen atoms in total. The molecule has 0 saturated carbocycles. The van der Waals surface area contributed by atoms with Gasteiger partial charge in [-0.2, -0.15) is 4.98 Å². The molecule has 0 aliphatic rings.